The first-order chi connectivity index (χ1) is 11.1. The molecule has 0 saturated heterocycles. The number of para-hydroxylation sites is 2. The number of anilines is 2. The third kappa shape index (κ3) is 2.94. The Balaban J connectivity index is 2.07. The van der Waals surface area contributed by atoms with Gasteiger partial charge in [0, 0.05) is 11.6 Å². The molecule has 0 aliphatic carbocycles. The van der Waals surface area contributed by atoms with Crippen LogP contribution in [0.4, 0.5) is 11.4 Å². The van der Waals surface area contributed by atoms with Gasteiger partial charge in [-0.3, -0.25) is 9.59 Å². The lowest BCUT2D eigenvalue weighted by molar-refractivity contribution is -0.121. The van der Waals surface area contributed by atoms with Crippen LogP contribution in [0.5, 0.6) is 0 Å². The second kappa shape index (κ2) is 6.42. The minimum atomic E-state index is -0.282. The number of benzene rings is 2. The van der Waals surface area contributed by atoms with E-state index < -0.39 is 0 Å². The van der Waals surface area contributed by atoms with Crippen LogP contribution < -0.4 is 9.80 Å². The van der Waals surface area contributed by atoms with Gasteiger partial charge in [-0.25, -0.2) is 0 Å². The molecule has 0 N–H and O–H groups in total. The minimum Gasteiger partial charge on any atom is -0.312 e. The predicted molar refractivity (Wildman–Crippen MR) is 91.7 cm³/mol. The number of hydrogen-bond acceptors (Lipinski definition) is 2. The fraction of sp³-hybridized carbons (Fsp3) is 0.222. The van der Waals surface area contributed by atoms with Crippen molar-refractivity contribution in [3.63, 3.8) is 0 Å². The first-order valence-electron chi connectivity index (χ1n) is 7.47. The van der Waals surface area contributed by atoms with E-state index in [0.29, 0.717) is 18.1 Å². The zero-order valence-electron chi connectivity index (χ0n) is 12.8. The van der Waals surface area contributed by atoms with Crippen molar-refractivity contribution in [2.75, 3.05) is 16.3 Å². The third-order valence-electron chi connectivity index (χ3n) is 4.05. The highest BCUT2D eigenvalue weighted by Crippen LogP contribution is 2.34. The summed E-state index contributed by atoms with van der Waals surface area (Å²) in [6.07, 6.45) is 0.779. The van der Waals surface area contributed by atoms with Crippen LogP contribution in [-0.4, -0.2) is 18.9 Å². The molecule has 118 valence electrons. The van der Waals surface area contributed by atoms with Crippen molar-refractivity contribution in [1.29, 1.82) is 0 Å². The second-order valence-corrected chi connectivity index (χ2v) is 6.07. The molecule has 1 aliphatic rings. The van der Waals surface area contributed by atoms with Crippen LogP contribution >= 0.6 is 11.6 Å². The summed E-state index contributed by atoms with van der Waals surface area (Å²) < 4.78 is 0. The molecule has 4 nitrogen and oxygen atoms in total. The summed E-state index contributed by atoms with van der Waals surface area (Å²) in [6.45, 7) is 2.59. The Morgan fingerprint density at radius 2 is 1.78 bits per heavy atom. The number of carbonyl (C=O) groups excluding carboxylic acids is 2. The summed E-state index contributed by atoms with van der Waals surface area (Å²) in [4.78, 5) is 27.5. The van der Waals surface area contributed by atoms with Crippen molar-refractivity contribution in [1.82, 2.24) is 0 Å². The van der Waals surface area contributed by atoms with Crippen LogP contribution in [0.25, 0.3) is 0 Å². The van der Waals surface area contributed by atoms with Crippen molar-refractivity contribution < 1.29 is 9.59 Å². The third-order valence-corrected chi connectivity index (χ3v) is 4.42. The molecule has 2 aromatic rings. The largest absolute Gasteiger partial charge is 0.312 e. The minimum absolute atomic E-state index is 0.0123. The van der Waals surface area contributed by atoms with Crippen LogP contribution in [0.3, 0.4) is 0 Å². The maximum absolute atomic E-state index is 12.8. The summed E-state index contributed by atoms with van der Waals surface area (Å²) in [5, 5.41) is 0.627. The van der Waals surface area contributed by atoms with Crippen molar-refractivity contribution >= 4 is 35.3 Å². The van der Waals surface area contributed by atoms with Crippen molar-refractivity contribution in [3.05, 3.63) is 59.1 Å². The number of rotatable bonds is 3. The number of hydrogen-bond donors (Lipinski definition) is 0. The van der Waals surface area contributed by atoms with Crippen LogP contribution in [0, 0.1) is 5.92 Å². The van der Waals surface area contributed by atoms with Gasteiger partial charge in [-0.1, -0.05) is 48.9 Å². The molecule has 0 fully saturated rings. The normalized spacial score (nSPS) is 17.7. The highest BCUT2D eigenvalue weighted by atomic mass is 35.5. The molecule has 0 spiro atoms. The van der Waals surface area contributed by atoms with E-state index in [2.05, 4.69) is 0 Å². The van der Waals surface area contributed by atoms with E-state index >= 15 is 0 Å². The molecule has 0 radical (unpaired) electrons. The van der Waals surface area contributed by atoms with Gasteiger partial charge in [-0.2, -0.15) is 0 Å². The van der Waals surface area contributed by atoms with Gasteiger partial charge in [-0.15, -0.1) is 0 Å². The molecule has 3 rings (SSSR count). The molecule has 2 aromatic carbocycles. The van der Waals surface area contributed by atoms with Gasteiger partial charge in [0.2, 0.25) is 12.3 Å². The molecule has 1 heterocycles. The van der Waals surface area contributed by atoms with E-state index in [1.54, 1.807) is 9.80 Å². The van der Waals surface area contributed by atoms with Crippen molar-refractivity contribution in [2.45, 2.75) is 13.5 Å². The van der Waals surface area contributed by atoms with Gasteiger partial charge in [-0.05, 0) is 23.8 Å². The lowest BCUT2D eigenvalue weighted by Gasteiger charge is -2.25. The molecule has 1 unspecified atom stereocenters. The molecule has 1 aliphatic heterocycles. The Bertz CT molecular complexity index is 747. The summed E-state index contributed by atoms with van der Waals surface area (Å²) >= 11 is 6.25. The summed E-state index contributed by atoms with van der Waals surface area (Å²) in [5.74, 6) is -0.295. The SMILES string of the molecule is CC1CN(C=O)c2ccccc2N(Cc2ccccc2Cl)C1=O. The van der Waals surface area contributed by atoms with E-state index in [0.717, 1.165) is 23.3 Å². The van der Waals surface area contributed by atoms with Gasteiger partial charge >= 0.3 is 0 Å². The lowest BCUT2D eigenvalue weighted by atomic mass is 10.1. The molecule has 0 aromatic heterocycles. The maximum atomic E-state index is 12.8. The van der Waals surface area contributed by atoms with Gasteiger partial charge < -0.3 is 9.80 Å². The Morgan fingerprint density at radius 3 is 2.48 bits per heavy atom. The maximum Gasteiger partial charge on any atom is 0.231 e. The summed E-state index contributed by atoms with van der Waals surface area (Å²) in [7, 11) is 0. The van der Waals surface area contributed by atoms with E-state index in [1.165, 1.54) is 0 Å². The summed E-state index contributed by atoms with van der Waals surface area (Å²) in [5.41, 5.74) is 2.35. The van der Waals surface area contributed by atoms with E-state index in [9.17, 15) is 9.59 Å². The molecule has 23 heavy (non-hydrogen) atoms. The Hall–Kier alpha value is -2.33. The number of amides is 2. The lowest BCUT2D eigenvalue weighted by Crippen LogP contribution is -2.36. The average molecular weight is 329 g/mol. The Morgan fingerprint density at radius 1 is 1.13 bits per heavy atom. The monoisotopic (exact) mass is 328 g/mol. The van der Waals surface area contributed by atoms with Gasteiger partial charge in [0.25, 0.3) is 0 Å². The highest BCUT2D eigenvalue weighted by Gasteiger charge is 2.31. The van der Waals surface area contributed by atoms with Crippen LogP contribution in [0.15, 0.2) is 48.5 Å². The molecule has 0 saturated carbocycles. The molecule has 2 amide bonds. The van der Waals surface area contributed by atoms with Crippen molar-refractivity contribution in [2.24, 2.45) is 5.92 Å². The topological polar surface area (TPSA) is 40.6 Å². The average Bonchev–Trinajstić information content (AvgIpc) is 2.67. The summed E-state index contributed by atoms with van der Waals surface area (Å²) in [6, 6.07) is 14.9. The first-order valence-corrected chi connectivity index (χ1v) is 7.85. The van der Waals surface area contributed by atoms with E-state index in [-0.39, 0.29) is 11.8 Å². The molecule has 0 bridgehead atoms. The van der Waals surface area contributed by atoms with Crippen molar-refractivity contribution in [3.8, 4) is 0 Å². The fourth-order valence-corrected chi connectivity index (χ4v) is 3.05. The Labute approximate surface area is 140 Å². The zero-order chi connectivity index (χ0) is 16.4. The van der Waals surface area contributed by atoms with Gasteiger partial charge in [0.05, 0.1) is 23.8 Å². The second-order valence-electron chi connectivity index (χ2n) is 5.66. The standard InChI is InChI=1S/C18H17ClN2O2/c1-13-10-20(12-22)16-8-4-5-9-17(16)21(18(13)23)11-14-6-2-3-7-15(14)19/h2-9,12-13H,10-11H2,1H3. The number of nitrogens with zero attached hydrogens (tertiary/aromatic N) is 2. The van der Waals surface area contributed by atoms with E-state index in [4.69, 9.17) is 11.6 Å². The molecule has 1 atom stereocenters. The molecule has 5 heteroatoms. The fourth-order valence-electron chi connectivity index (χ4n) is 2.85. The van der Waals surface area contributed by atoms with Crippen LogP contribution in [0.1, 0.15) is 12.5 Å². The molecular formula is C18H17ClN2O2. The smallest absolute Gasteiger partial charge is 0.231 e. The Kier molecular flexibility index (Phi) is 4.35. The van der Waals surface area contributed by atoms with Gasteiger partial charge in [0.15, 0.2) is 0 Å². The van der Waals surface area contributed by atoms with Gasteiger partial charge in [0.1, 0.15) is 0 Å². The van der Waals surface area contributed by atoms with Crippen LogP contribution in [0.2, 0.25) is 5.02 Å². The van der Waals surface area contributed by atoms with Crippen LogP contribution in [-0.2, 0) is 16.1 Å². The quantitative estimate of drug-likeness (QED) is 0.809. The zero-order valence-corrected chi connectivity index (χ0v) is 13.5. The number of carbonyl (C=O) groups is 2. The highest BCUT2D eigenvalue weighted by molar-refractivity contribution is 6.31. The molecular weight excluding hydrogens is 312 g/mol. The number of halogens is 1. The number of fused-ring (bicyclic) bond motifs is 1. The first kappa shape index (κ1) is 15.6. The van der Waals surface area contributed by atoms with E-state index in [1.807, 2.05) is 55.5 Å². The predicted octanol–water partition coefficient (Wildman–Crippen LogP) is 3.49.